The van der Waals surface area contributed by atoms with Crippen molar-refractivity contribution < 1.29 is 14.2 Å². The molecule has 0 saturated carbocycles. The molecule has 5 heteroatoms. The quantitative estimate of drug-likeness (QED) is 0.414. The van der Waals surface area contributed by atoms with Gasteiger partial charge in [-0.15, -0.1) is 11.8 Å². The average Bonchev–Trinajstić information content (AvgIpc) is 2.37. The lowest BCUT2D eigenvalue weighted by Gasteiger charge is -2.25. The lowest BCUT2D eigenvalue weighted by molar-refractivity contribution is -0.156. The first-order valence-corrected chi connectivity index (χ1v) is 7.23. The van der Waals surface area contributed by atoms with Crippen LogP contribution in [-0.2, 0) is 9.47 Å². The van der Waals surface area contributed by atoms with Crippen LogP contribution >= 0.6 is 23.4 Å². The Morgan fingerprint density at radius 2 is 1.89 bits per heavy atom. The SMILES string of the molecule is CCOC(Cl)(CSc1cccc(OC)c1)OCC. The number of benzene rings is 1. The van der Waals surface area contributed by atoms with E-state index in [1.54, 1.807) is 18.9 Å². The van der Waals surface area contributed by atoms with Crippen LogP contribution in [0.15, 0.2) is 29.2 Å². The molecule has 0 aromatic heterocycles. The molecule has 0 fully saturated rings. The summed E-state index contributed by atoms with van der Waals surface area (Å²) in [7, 11) is 1.65. The molecule has 1 aromatic rings. The largest absolute Gasteiger partial charge is 0.497 e. The second-order valence-electron chi connectivity index (χ2n) is 3.49. The van der Waals surface area contributed by atoms with E-state index in [1.165, 1.54) is 0 Å². The van der Waals surface area contributed by atoms with Gasteiger partial charge in [-0.2, -0.15) is 0 Å². The van der Waals surface area contributed by atoms with Gasteiger partial charge in [0.1, 0.15) is 5.75 Å². The number of hydrogen-bond acceptors (Lipinski definition) is 4. The molecule has 18 heavy (non-hydrogen) atoms. The summed E-state index contributed by atoms with van der Waals surface area (Å²) in [6, 6.07) is 7.81. The van der Waals surface area contributed by atoms with Crippen LogP contribution < -0.4 is 4.74 Å². The molecule has 1 rings (SSSR count). The number of alkyl halides is 1. The molecule has 0 aliphatic rings. The summed E-state index contributed by atoms with van der Waals surface area (Å²) in [4.78, 5) is 1.07. The summed E-state index contributed by atoms with van der Waals surface area (Å²) in [5.74, 6) is 1.34. The van der Waals surface area contributed by atoms with Crippen LogP contribution in [0.4, 0.5) is 0 Å². The predicted molar refractivity (Wildman–Crippen MR) is 75.6 cm³/mol. The summed E-state index contributed by atoms with van der Waals surface area (Å²) >= 11 is 7.84. The third-order valence-corrected chi connectivity index (χ3v) is 3.79. The van der Waals surface area contributed by atoms with Crippen LogP contribution in [0.25, 0.3) is 0 Å². The van der Waals surface area contributed by atoms with E-state index in [2.05, 4.69) is 0 Å². The van der Waals surface area contributed by atoms with Crippen molar-refractivity contribution >= 4 is 23.4 Å². The first-order valence-electron chi connectivity index (χ1n) is 5.87. The molecule has 0 aliphatic carbocycles. The first-order chi connectivity index (χ1) is 8.63. The second-order valence-corrected chi connectivity index (χ2v) is 5.12. The Hall–Kier alpha value is -0.420. The number of methoxy groups -OCH3 is 1. The van der Waals surface area contributed by atoms with Crippen LogP contribution in [0.5, 0.6) is 5.75 Å². The van der Waals surface area contributed by atoms with Crippen LogP contribution in [0, 0.1) is 0 Å². The summed E-state index contributed by atoms with van der Waals surface area (Å²) in [5, 5.41) is -1.06. The first kappa shape index (κ1) is 15.6. The molecule has 0 amide bonds. The third kappa shape index (κ3) is 5.06. The van der Waals surface area contributed by atoms with Gasteiger partial charge in [-0.25, -0.2) is 0 Å². The Labute approximate surface area is 118 Å². The fourth-order valence-electron chi connectivity index (χ4n) is 1.42. The average molecular weight is 291 g/mol. The van der Waals surface area contributed by atoms with Crippen molar-refractivity contribution in [3.8, 4) is 5.75 Å². The van der Waals surface area contributed by atoms with Gasteiger partial charge >= 0.3 is 0 Å². The Morgan fingerprint density at radius 3 is 2.44 bits per heavy atom. The minimum atomic E-state index is -1.06. The van der Waals surface area contributed by atoms with Gasteiger partial charge < -0.3 is 14.2 Å². The van der Waals surface area contributed by atoms with Crippen LogP contribution in [0.1, 0.15) is 13.8 Å². The van der Waals surface area contributed by atoms with Gasteiger partial charge in [-0.3, -0.25) is 0 Å². The van der Waals surface area contributed by atoms with Gasteiger partial charge in [0, 0.05) is 18.1 Å². The third-order valence-electron chi connectivity index (χ3n) is 2.17. The minimum Gasteiger partial charge on any atom is -0.497 e. The van der Waals surface area contributed by atoms with Crippen LogP contribution in [0.2, 0.25) is 0 Å². The Balaban J connectivity index is 2.60. The molecular formula is C13H19ClO3S. The maximum Gasteiger partial charge on any atom is 0.258 e. The molecule has 0 heterocycles. The Morgan fingerprint density at radius 1 is 1.22 bits per heavy atom. The summed E-state index contributed by atoms with van der Waals surface area (Å²) in [5.41, 5.74) is 0. The fraction of sp³-hybridized carbons (Fsp3) is 0.538. The Kier molecular flexibility index (Phi) is 6.86. The van der Waals surface area contributed by atoms with Crippen molar-refractivity contribution in [2.45, 2.75) is 24.0 Å². The van der Waals surface area contributed by atoms with Crippen molar-refractivity contribution in [2.75, 3.05) is 26.1 Å². The maximum absolute atomic E-state index is 6.27. The number of halogens is 1. The molecule has 0 bridgehead atoms. The highest BCUT2D eigenvalue weighted by molar-refractivity contribution is 7.99. The molecule has 0 radical (unpaired) electrons. The van der Waals surface area contributed by atoms with E-state index in [0.717, 1.165) is 10.6 Å². The zero-order chi connectivity index (χ0) is 13.4. The number of hydrogen-bond donors (Lipinski definition) is 0. The van der Waals surface area contributed by atoms with E-state index in [1.807, 2.05) is 38.1 Å². The van der Waals surface area contributed by atoms with E-state index < -0.39 is 5.25 Å². The normalized spacial score (nSPS) is 11.6. The molecule has 0 atom stereocenters. The molecule has 3 nitrogen and oxygen atoms in total. The molecule has 0 saturated heterocycles. The lowest BCUT2D eigenvalue weighted by atomic mass is 10.3. The number of ether oxygens (including phenoxy) is 3. The predicted octanol–water partition coefficient (Wildman–Crippen LogP) is 3.75. The molecule has 102 valence electrons. The van der Waals surface area contributed by atoms with E-state index in [-0.39, 0.29) is 0 Å². The summed E-state index contributed by atoms with van der Waals surface area (Å²) in [6.07, 6.45) is 0. The van der Waals surface area contributed by atoms with Gasteiger partial charge in [-0.05, 0) is 32.0 Å². The second kappa shape index (κ2) is 7.89. The van der Waals surface area contributed by atoms with E-state index in [4.69, 9.17) is 25.8 Å². The van der Waals surface area contributed by atoms with E-state index in [9.17, 15) is 0 Å². The highest BCUT2D eigenvalue weighted by Crippen LogP contribution is 2.30. The minimum absolute atomic E-state index is 0.516. The molecule has 0 N–H and O–H groups in total. The Bertz CT molecular complexity index is 354. The lowest BCUT2D eigenvalue weighted by Crippen LogP contribution is -2.32. The smallest absolute Gasteiger partial charge is 0.258 e. The molecule has 0 unspecified atom stereocenters. The van der Waals surface area contributed by atoms with Gasteiger partial charge in [0.05, 0.1) is 12.9 Å². The molecule has 0 aliphatic heterocycles. The van der Waals surface area contributed by atoms with Crippen molar-refractivity contribution in [1.82, 2.24) is 0 Å². The highest BCUT2D eigenvalue weighted by atomic mass is 35.5. The zero-order valence-corrected chi connectivity index (χ0v) is 12.5. The molecule has 0 spiro atoms. The molecule has 1 aromatic carbocycles. The van der Waals surface area contributed by atoms with Crippen molar-refractivity contribution in [3.63, 3.8) is 0 Å². The standard InChI is InChI=1S/C13H19ClO3S/c1-4-16-13(14,17-5-2)10-18-12-8-6-7-11(9-12)15-3/h6-9H,4-5,10H2,1-3H3. The van der Waals surface area contributed by atoms with E-state index in [0.29, 0.717) is 19.0 Å². The molecular weight excluding hydrogens is 272 g/mol. The van der Waals surface area contributed by atoms with Crippen LogP contribution in [0.3, 0.4) is 0 Å². The van der Waals surface area contributed by atoms with Crippen molar-refractivity contribution in [1.29, 1.82) is 0 Å². The van der Waals surface area contributed by atoms with Crippen molar-refractivity contribution in [2.24, 2.45) is 0 Å². The van der Waals surface area contributed by atoms with Gasteiger partial charge in [0.15, 0.2) is 0 Å². The van der Waals surface area contributed by atoms with Gasteiger partial charge in [0.25, 0.3) is 5.25 Å². The van der Waals surface area contributed by atoms with Crippen molar-refractivity contribution in [3.05, 3.63) is 24.3 Å². The van der Waals surface area contributed by atoms with E-state index >= 15 is 0 Å². The zero-order valence-electron chi connectivity index (χ0n) is 10.9. The maximum atomic E-state index is 6.27. The number of rotatable bonds is 8. The number of thioether (sulfide) groups is 1. The highest BCUT2D eigenvalue weighted by Gasteiger charge is 2.28. The summed E-state index contributed by atoms with van der Waals surface area (Å²) in [6.45, 7) is 4.82. The van der Waals surface area contributed by atoms with Gasteiger partial charge in [0.2, 0.25) is 0 Å². The summed E-state index contributed by atoms with van der Waals surface area (Å²) < 4.78 is 16.1. The van der Waals surface area contributed by atoms with Crippen LogP contribution in [-0.4, -0.2) is 31.3 Å². The monoisotopic (exact) mass is 290 g/mol. The topological polar surface area (TPSA) is 27.7 Å². The fourth-order valence-corrected chi connectivity index (χ4v) is 2.68. The van der Waals surface area contributed by atoms with Gasteiger partial charge in [-0.1, -0.05) is 17.7 Å².